The Labute approximate surface area is 115 Å². The number of hydrogen-bond acceptors (Lipinski definition) is 3. The van der Waals surface area contributed by atoms with Gasteiger partial charge in [0, 0.05) is 18.0 Å². The van der Waals surface area contributed by atoms with Gasteiger partial charge in [-0.1, -0.05) is 18.2 Å². The summed E-state index contributed by atoms with van der Waals surface area (Å²) in [7, 11) is 0. The maximum absolute atomic E-state index is 12.2. The molecule has 0 aliphatic rings. The van der Waals surface area contributed by atoms with Crippen molar-refractivity contribution in [3.05, 3.63) is 42.1 Å². The van der Waals surface area contributed by atoms with Crippen LogP contribution < -0.4 is 5.32 Å². The second-order valence-corrected chi connectivity index (χ2v) is 4.15. The quantitative estimate of drug-likeness (QED) is 0.822. The molecule has 100 valence electrons. The number of amides is 1. The summed E-state index contributed by atoms with van der Waals surface area (Å²) >= 11 is 0. The topological polar surface area (TPSA) is 79.3 Å². The van der Waals surface area contributed by atoms with E-state index in [2.05, 4.69) is 16.2 Å². The molecule has 2 aromatic rings. The Morgan fingerprint density at radius 2 is 2.10 bits per heavy atom. The molecular formula is C15H12N2O3. The summed E-state index contributed by atoms with van der Waals surface area (Å²) in [5.41, 5.74) is 0.851. The van der Waals surface area contributed by atoms with Crippen LogP contribution in [0.25, 0.3) is 10.9 Å². The molecule has 0 unspecified atom stereocenters. The fourth-order valence-electron chi connectivity index (χ4n) is 1.84. The predicted molar refractivity (Wildman–Crippen MR) is 74.1 cm³/mol. The zero-order valence-electron chi connectivity index (χ0n) is 10.5. The number of carbonyl (C=O) groups is 2. The van der Waals surface area contributed by atoms with E-state index in [4.69, 9.17) is 11.5 Å². The van der Waals surface area contributed by atoms with Crippen molar-refractivity contribution in [1.29, 1.82) is 0 Å². The number of carbonyl (C=O) groups excluding carboxylic acids is 1. The average Bonchev–Trinajstić information content (AvgIpc) is 2.46. The normalized spacial score (nSPS) is 11.6. The predicted octanol–water partition coefficient (Wildman–Crippen LogP) is 1.44. The molecule has 1 aromatic carbocycles. The first kappa shape index (κ1) is 13.6. The SMILES string of the molecule is C#CC[C@H](NC(=O)c1cccc2cccnc12)C(=O)O. The Balaban J connectivity index is 2.32. The van der Waals surface area contributed by atoms with E-state index in [-0.39, 0.29) is 6.42 Å². The van der Waals surface area contributed by atoms with Gasteiger partial charge in [0.25, 0.3) is 5.91 Å². The molecule has 1 atom stereocenters. The number of terminal acetylenes is 1. The zero-order valence-corrected chi connectivity index (χ0v) is 10.5. The number of carboxylic acid groups (broad SMARTS) is 1. The molecule has 0 aliphatic heterocycles. The van der Waals surface area contributed by atoms with Crippen LogP contribution in [0.1, 0.15) is 16.8 Å². The van der Waals surface area contributed by atoms with Crippen LogP contribution in [0.3, 0.4) is 0 Å². The van der Waals surface area contributed by atoms with Gasteiger partial charge in [0.2, 0.25) is 0 Å². The second-order valence-electron chi connectivity index (χ2n) is 4.15. The van der Waals surface area contributed by atoms with Gasteiger partial charge in [-0.2, -0.15) is 0 Å². The van der Waals surface area contributed by atoms with Gasteiger partial charge >= 0.3 is 5.97 Å². The fraction of sp³-hybridized carbons (Fsp3) is 0.133. The van der Waals surface area contributed by atoms with Gasteiger partial charge in [-0.3, -0.25) is 9.78 Å². The van der Waals surface area contributed by atoms with Gasteiger partial charge in [-0.25, -0.2) is 4.79 Å². The number of rotatable bonds is 4. The number of benzene rings is 1. The molecule has 5 nitrogen and oxygen atoms in total. The van der Waals surface area contributed by atoms with E-state index in [1.807, 2.05) is 12.1 Å². The molecule has 1 aromatic heterocycles. The second kappa shape index (κ2) is 5.85. The van der Waals surface area contributed by atoms with Crippen molar-refractivity contribution in [3.8, 4) is 12.3 Å². The first-order valence-electron chi connectivity index (χ1n) is 5.94. The number of hydrogen-bond donors (Lipinski definition) is 2. The zero-order chi connectivity index (χ0) is 14.5. The molecule has 0 bridgehead atoms. The molecule has 1 heterocycles. The van der Waals surface area contributed by atoms with E-state index < -0.39 is 17.9 Å². The van der Waals surface area contributed by atoms with Crippen molar-refractivity contribution in [2.75, 3.05) is 0 Å². The molecular weight excluding hydrogens is 256 g/mol. The highest BCUT2D eigenvalue weighted by molar-refractivity contribution is 6.06. The van der Waals surface area contributed by atoms with Gasteiger partial charge in [0.1, 0.15) is 6.04 Å². The van der Waals surface area contributed by atoms with E-state index in [9.17, 15) is 9.59 Å². The minimum atomic E-state index is -1.16. The summed E-state index contributed by atoms with van der Waals surface area (Å²) in [6, 6.07) is 7.63. The van der Waals surface area contributed by atoms with E-state index in [0.29, 0.717) is 11.1 Å². The number of pyridine rings is 1. The number of aromatic nitrogens is 1. The highest BCUT2D eigenvalue weighted by Crippen LogP contribution is 2.16. The monoisotopic (exact) mass is 268 g/mol. The summed E-state index contributed by atoms with van der Waals surface area (Å²) in [6.45, 7) is 0. The molecule has 2 N–H and O–H groups in total. The maximum atomic E-state index is 12.2. The standard InChI is InChI=1S/C15H12N2O3/c1-2-5-12(15(19)20)17-14(18)11-8-3-6-10-7-4-9-16-13(10)11/h1,3-4,6-9,12H,5H2,(H,17,18)(H,19,20)/t12-/m0/s1. The molecule has 0 radical (unpaired) electrons. The smallest absolute Gasteiger partial charge is 0.327 e. The van der Waals surface area contributed by atoms with Gasteiger partial charge < -0.3 is 10.4 Å². The van der Waals surface area contributed by atoms with Crippen LogP contribution in [0.2, 0.25) is 0 Å². The van der Waals surface area contributed by atoms with Crippen molar-refractivity contribution in [1.82, 2.24) is 10.3 Å². The van der Waals surface area contributed by atoms with E-state index in [0.717, 1.165) is 5.39 Å². The molecule has 1 amide bonds. The third-order valence-electron chi connectivity index (χ3n) is 2.80. The molecule has 0 aliphatic carbocycles. The van der Waals surface area contributed by atoms with Crippen LogP contribution in [-0.4, -0.2) is 28.0 Å². The molecule has 2 rings (SSSR count). The Morgan fingerprint density at radius 1 is 1.35 bits per heavy atom. The number of para-hydroxylation sites is 1. The van der Waals surface area contributed by atoms with Crippen molar-refractivity contribution in [2.45, 2.75) is 12.5 Å². The van der Waals surface area contributed by atoms with Crippen LogP contribution in [0.4, 0.5) is 0 Å². The lowest BCUT2D eigenvalue weighted by Gasteiger charge is -2.12. The summed E-state index contributed by atoms with van der Waals surface area (Å²) in [5, 5.41) is 12.2. The van der Waals surface area contributed by atoms with Crippen molar-refractivity contribution >= 4 is 22.8 Å². The molecule has 0 fully saturated rings. The minimum Gasteiger partial charge on any atom is -0.480 e. The Kier molecular flexibility index (Phi) is 3.96. The van der Waals surface area contributed by atoms with Crippen LogP contribution >= 0.6 is 0 Å². The van der Waals surface area contributed by atoms with Gasteiger partial charge in [-0.15, -0.1) is 12.3 Å². The fourth-order valence-corrected chi connectivity index (χ4v) is 1.84. The Bertz CT molecular complexity index is 698. The minimum absolute atomic E-state index is 0.0702. The van der Waals surface area contributed by atoms with Crippen LogP contribution in [-0.2, 0) is 4.79 Å². The highest BCUT2D eigenvalue weighted by Gasteiger charge is 2.20. The van der Waals surface area contributed by atoms with Crippen molar-refractivity contribution in [2.24, 2.45) is 0 Å². The number of aliphatic carboxylic acids is 1. The van der Waals surface area contributed by atoms with Crippen LogP contribution in [0, 0.1) is 12.3 Å². The van der Waals surface area contributed by atoms with Gasteiger partial charge in [0.05, 0.1) is 11.1 Å². The third kappa shape index (κ3) is 2.75. The largest absolute Gasteiger partial charge is 0.480 e. The highest BCUT2D eigenvalue weighted by atomic mass is 16.4. The third-order valence-corrected chi connectivity index (χ3v) is 2.80. The number of nitrogens with one attached hydrogen (secondary N) is 1. The molecule has 0 spiro atoms. The summed E-state index contributed by atoms with van der Waals surface area (Å²) in [4.78, 5) is 27.3. The molecule has 5 heteroatoms. The summed E-state index contributed by atoms with van der Waals surface area (Å²) in [5.74, 6) is 0.567. The molecule has 0 saturated carbocycles. The van der Waals surface area contributed by atoms with Crippen molar-refractivity contribution < 1.29 is 14.7 Å². The first-order valence-corrected chi connectivity index (χ1v) is 5.94. The van der Waals surface area contributed by atoms with Gasteiger partial charge in [-0.05, 0) is 12.1 Å². The Hall–Kier alpha value is -2.87. The maximum Gasteiger partial charge on any atom is 0.327 e. The number of fused-ring (bicyclic) bond motifs is 1. The van der Waals surface area contributed by atoms with Crippen molar-refractivity contribution in [3.63, 3.8) is 0 Å². The average molecular weight is 268 g/mol. The van der Waals surface area contributed by atoms with E-state index in [1.165, 1.54) is 0 Å². The number of carboxylic acids is 1. The Morgan fingerprint density at radius 3 is 2.80 bits per heavy atom. The summed E-state index contributed by atoms with van der Waals surface area (Å²) in [6.07, 6.45) is 6.60. The van der Waals surface area contributed by atoms with Crippen LogP contribution in [0.15, 0.2) is 36.5 Å². The lowest BCUT2D eigenvalue weighted by molar-refractivity contribution is -0.139. The lowest BCUT2D eigenvalue weighted by atomic mass is 10.1. The first-order chi connectivity index (χ1) is 9.63. The molecule has 0 saturated heterocycles. The van der Waals surface area contributed by atoms with Crippen LogP contribution in [0.5, 0.6) is 0 Å². The lowest BCUT2D eigenvalue weighted by Crippen LogP contribution is -2.40. The number of nitrogens with zero attached hydrogens (tertiary/aromatic N) is 1. The summed E-state index contributed by atoms with van der Waals surface area (Å²) < 4.78 is 0. The van der Waals surface area contributed by atoms with E-state index in [1.54, 1.807) is 24.4 Å². The van der Waals surface area contributed by atoms with Gasteiger partial charge in [0.15, 0.2) is 0 Å². The van der Waals surface area contributed by atoms with E-state index >= 15 is 0 Å². The molecule has 20 heavy (non-hydrogen) atoms.